The number of carboxylic acid groups (broad SMARTS) is 1. The second kappa shape index (κ2) is 6.43. The minimum absolute atomic E-state index is 0.0564. The molecule has 0 unspecified atom stereocenters. The van der Waals surface area contributed by atoms with Crippen LogP contribution in [0.25, 0.3) is 0 Å². The third-order valence-electron chi connectivity index (χ3n) is 4.37. The first-order valence-corrected chi connectivity index (χ1v) is 7.88. The highest BCUT2D eigenvalue weighted by molar-refractivity contribution is 5.87. The molecule has 0 heterocycles. The van der Waals surface area contributed by atoms with Gasteiger partial charge in [-0.15, -0.1) is 0 Å². The van der Waals surface area contributed by atoms with Crippen LogP contribution >= 0.6 is 0 Å². The number of aromatic carboxylic acids is 1. The maximum Gasteiger partial charge on any atom is 0.335 e. The Labute approximate surface area is 139 Å². The topological polar surface area (TPSA) is 66.4 Å². The lowest BCUT2D eigenvalue weighted by Gasteiger charge is -2.18. The quantitative estimate of drug-likeness (QED) is 0.856. The van der Waals surface area contributed by atoms with E-state index in [0.717, 1.165) is 24.0 Å². The minimum atomic E-state index is -0.964. The Morgan fingerprint density at radius 3 is 2.21 bits per heavy atom. The van der Waals surface area contributed by atoms with Crippen LogP contribution in [-0.2, 0) is 16.8 Å². The van der Waals surface area contributed by atoms with E-state index in [4.69, 9.17) is 5.11 Å². The normalized spacial score (nSPS) is 14.9. The summed E-state index contributed by atoms with van der Waals surface area (Å²) in [6.45, 7) is 0. The van der Waals surface area contributed by atoms with Gasteiger partial charge >= 0.3 is 5.97 Å². The Balaban J connectivity index is 1.56. The number of amides is 1. The summed E-state index contributed by atoms with van der Waals surface area (Å²) < 4.78 is 13.0. The highest BCUT2D eigenvalue weighted by Crippen LogP contribution is 2.45. The van der Waals surface area contributed by atoms with Crippen LogP contribution in [-0.4, -0.2) is 17.0 Å². The highest BCUT2D eigenvalue weighted by atomic mass is 19.1. The zero-order chi connectivity index (χ0) is 17.2. The van der Waals surface area contributed by atoms with Crippen molar-refractivity contribution in [3.63, 3.8) is 0 Å². The summed E-state index contributed by atoms with van der Waals surface area (Å²) >= 11 is 0. The number of hydrogen-bond acceptors (Lipinski definition) is 2. The summed E-state index contributed by atoms with van der Waals surface area (Å²) in [5, 5.41) is 11.9. The molecule has 4 nitrogen and oxygen atoms in total. The fourth-order valence-electron chi connectivity index (χ4n) is 2.78. The van der Waals surface area contributed by atoms with Crippen molar-refractivity contribution in [2.75, 3.05) is 0 Å². The summed E-state index contributed by atoms with van der Waals surface area (Å²) in [7, 11) is 0. The van der Waals surface area contributed by atoms with Crippen molar-refractivity contribution in [1.82, 2.24) is 5.32 Å². The number of carbonyl (C=O) groups excluding carboxylic acids is 1. The monoisotopic (exact) mass is 327 g/mol. The fourth-order valence-corrected chi connectivity index (χ4v) is 2.78. The van der Waals surface area contributed by atoms with Crippen molar-refractivity contribution in [3.05, 3.63) is 71.0 Å². The van der Waals surface area contributed by atoms with Gasteiger partial charge in [0.1, 0.15) is 5.82 Å². The standard InChI is InChI=1S/C19H18FNO3/c20-16-8-6-15(7-9-16)19(11-12-19)21-17(22)10-3-13-1-4-14(5-2-13)18(23)24/h1-2,4-9H,3,10-12H2,(H,21,22)(H,23,24). The molecule has 0 aliphatic heterocycles. The first-order valence-electron chi connectivity index (χ1n) is 7.88. The highest BCUT2D eigenvalue weighted by Gasteiger charge is 2.45. The second-order valence-corrected chi connectivity index (χ2v) is 6.14. The van der Waals surface area contributed by atoms with E-state index >= 15 is 0 Å². The molecule has 124 valence electrons. The summed E-state index contributed by atoms with van der Waals surface area (Å²) in [5.74, 6) is -1.31. The molecule has 0 aromatic heterocycles. The van der Waals surface area contributed by atoms with E-state index in [1.807, 2.05) is 0 Å². The number of benzene rings is 2. The van der Waals surface area contributed by atoms with E-state index in [-0.39, 0.29) is 22.8 Å². The third-order valence-corrected chi connectivity index (χ3v) is 4.37. The second-order valence-electron chi connectivity index (χ2n) is 6.14. The molecular weight excluding hydrogens is 309 g/mol. The van der Waals surface area contributed by atoms with Gasteiger partial charge in [0.25, 0.3) is 0 Å². The summed E-state index contributed by atoms with van der Waals surface area (Å²) in [6, 6.07) is 12.8. The first-order chi connectivity index (χ1) is 11.5. The summed E-state index contributed by atoms with van der Waals surface area (Å²) in [4.78, 5) is 23.0. The Hall–Kier alpha value is -2.69. The van der Waals surface area contributed by atoms with Crippen LogP contribution in [0.3, 0.4) is 0 Å². The van der Waals surface area contributed by atoms with Crippen molar-refractivity contribution in [2.45, 2.75) is 31.2 Å². The molecule has 0 radical (unpaired) electrons. The lowest BCUT2D eigenvalue weighted by molar-refractivity contribution is -0.122. The number of halogens is 1. The van der Waals surface area contributed by atoms with Gasteiger partial charge in [-0.3, -0.25) is 4.79 Å². The molecule has 1 amide bonds. The number of aryl methyl sites for hydroxylation is 1. The fraction of sp³-hybridized carbons (Fsp3) is 0.263. The van der Waals surface area contributed by atoms with Crippen LogP contribution in [0.2, 0.25) is 0 Å². The third kappa shape index (κ3) is 3.62. The zero-order valence-electron chi connectivity index (χ0n) is 13.1. The van der Waals surface area contributed by atoms with E-state index < -0.39 is 5.97 Å². The lowest BCUT2D eigenvalue weighted by atomic mass is 10.0. The molecule has 0 atom stereocenters. The predicted octanol–water partition coefficient (Wildman–Crippen LogP) is 3.26. The number of rotatable bonds is 6. The van der Waals surface area contributed by atoms with E-state index in [1.54, 1.807) is 24.3 Å². The van der Waals surface area contributed by atoms with Gasteiger partial charge in [-0.2, -0.15) is 0 Å². The summed E-state index contributed by atoms with van der Waals surface area (Å²) in [5.41, 5.74) is 1.74. The van der Waals surface area contributed by atoms with Crippen molar-refractivity contribution < 1.29 is 19.1 Å². The zero-order valence-corrected chi connectivity index (χ0v) is 13.1. The predicted molar refractivity (Wildman–Crippen MR) is 87.2 cm³/mol. The van der Waals surface area contributed by atoms with Crippen LogP contribution in [0.4, 0.5) is 4.39 Å². The van der Waals surface area contributed by atoms with Crippen LogP contribution < -0.4 is 5.32 Å². The van der Waals surface area contributed by atoms with Gasteiger partial charge < -0.3 is 10.4 Å². The van der Waals surface area contributed by atoms with Gasteiger partial charge in [0, 0.05) is 6.42 Å². The first kappa shape index (κ1) is 16.2. The molecule has 1 saturated carbocycles. The Morgan fingerprint density at radius 1 is 1.04 bits per heavy atom. The Kier molecular flexibility index (Phi) is 4.34. The molecule has 2 aromatic rings. The largest absolute Gasteiger partial charge is 0.478 e. The molecule has 0 saturated heterocycles. The van der Waals surface area contributed by atoms with E-state index in [9.17, 15) is 14.0 Å². The molecule has 2 N–H and O–H groups in total. The van der Waals surface area contributed by atoms with Crippen molar-refractivity contribution >= 4 is 11.9 Å². The minimum Gasteiger partial charge on any atom is -0.478 e. The van der Waals surface area contributed by atoms with Gasteiger partial charge in [-0.05, 0) is 54.7 Å². The van der Waals surface area contributed by atoms with E-state index in [0.29, 0.717) is 12.8 Å². The van der Waals surface area contributed by atoms with Crippen molar-refractivity contribution in [3.8, 4) is 0 Å². The lowest BCUT2D eigenvalue weighted by Crippen LogP contribution is -2.34. The molecular formula is C19H18FNO3. The van der Waals surface area contributed by atoms with Gasteiger partial charge in [0.2, 0.25) is 5.91 Å². The maximum atomic E-state index is 13.0. The molecule has 5 heteroatoms. The Morgan fingerprint density at radius 2 is 1.67 bits per heavy atom. The van der Waals surface area contributed by atoms with Gasteiger partial charge in [0.05, 0.1) is 11.1 Å². The average molecular weight is 327 g/mol. The molecule has 2 aromatic carbocycles. The number of hydrogen-bond donors (Lipinski definition) is 2. The molecule has 3 rings (SSSR count). The average Bonchev–Trinajstić information content (AvgIpc) is 3.34. The van der Waals surface area contributed by atoms with Crippen LogP contribution in [0.5, 0.6) is 0 Å². The van der Waals surface area contributed by atoms with Crippen molar-refractivity contribution in [1.29, 1.82) is 0 Å². The van der Waals surface area contributed by atoms with E-state index in [1.165, 1.54) is 24.3 Å². The smallest absolute Gasteiger partial charge is 0.335 e. The van der Waals surface area contributed by atoms with Gasteiger partial charge in [0.15, 0.2) is 0 Å². The molecule has 0 bridgehead atoms. The Bertz CT molecular complexity index is 749. The molecule has 1 aliphatic rings. The van der Waals surface area contributed by atoms with Crippen molar-refractivity contribution in [2.24, 2.45) is 0 Å². The molecule has 1 aliphatic carbocycles. The van der Waals surface area contributed by atoms with Crippen LogP contribution in [0.1, 0.15) is 40.7 Å². The number of carbonyl (C=O) groups is 2. The number of nitrogens with one attached hydrogen (secondary N) is 1. The van der Waals surface area contributed by atoms with Gasteiger partial charge in [-0.1, -0.05) is 24.3 Å². The molecule has 0 spiro atoms. The molecule has 24 heavy (non-hydrogen) atoms. The summed E-state index contributed by atoms with van der Waals surface area (Å²) in [6.07, 6.45) is 2.59. The SMILES string of the molecule is O=C(CCc1ccc(C(=O)O)cc1)NC1(c2ccc(F)cc2)CC1. The van der Waals surface area contributed by atoms with Crippen LogP contribution in [0, 0.1) is 5.82 Å². The number of carboxylic acids is 1. The maximum absolute atomic E-state index is 13.0. The van der Waals surface area contributed by atoms with Crippen LogP contribution in [0.15, 0.2) is 48.5 Å². The van der Waals surface area contributed by atoms with Gasteiger partial charge in [-0.25, -0.2) is 9.18 Å². The van der Waals surface area contributed by atoms with E-state index in [2.05, 4.69) is 5.32 Å². The molecule has 1 fully saturated rings.